The molecule has 6 heteroatoms. The summed E-state index contributed by atoms with van der Waals surface area (Å²) in [4.78, 5) is 27.9. The molecule has 0 atom stereocenters. The van der Waals surface area contributed by atoms with Crippen molar-refractivity contribution in [2.45, 2.75) is 33.4 Å². The van der Waals surface area contributed by atoms with Crippen molar-refractivity contribution < 1.29 is 9.53 Å². The highest BCUT2D eigenvalue weighted by Gasteiger charge is 2.29. The maximum Gasteiger partial charge on any atom is 0.275 e. The van der Waals surface area contributed by atoms with Crippen LogP contribution in [0.4, 0.5) is 0 Å². The fraction of sp³-hybridized carbons (Fsp3) is 0.333. The molecule has 3 aromatic rings. The average Bonchev–Trinajstić information content (AvgIpc) is 3.05. The number of benzene rings is 2. The lowest BCUT2D eigenvalue weighted by molar-refractivity contribution is -0.135. The summed E-state index contributed by atoms with van der Waals surface area (Å²) < 4.78 is 9.03. The third-order valence-corrected chi connectivity index (χ3v) is 5.62. The lowest BCUT2D eigenvalue weighted by Gasteiger charge is -2.29. The summed E-state index contributed by atoms with van der Waals surface area (Å²) in [6.45, 7) is 5.42. The number of hydrogen-bond acceptors (Lipinski definition) is 3. The molecule has 1 aliphatic rings. The Kier molecular flexibility index (Phi) is 5.48. The van der Waals surface area contributed by atoms with Crippen molar-refractivity contribution in [3.05, 3.63) is 81.8 Å². The van der Waals surface area contributed by atoms with E-state index in [2.05, 4.69) is 12.1 Å². The maximum absolute atomic E-state index is 13.4. The second-order valence-electron chi connectivity index (χ2n) is 7.95. The fourth-order valence-electron chi connectivity index (χ4n) is 4.03. The van der Waals surface area contributed by atoms with Gasteiger partial charge < -0.3 is 9.64 Å². The Morgan fingerprint density at radius 1 is 1.07 bits per heavy atom. The first-order valence-corrected chi connectivity index (χ1v) is 10.3. The lowest BCUT2D eigenvalue weighted by atomic mass is 10.1. The molecule has 30 heavy (non-hydrogen) atoms. The first-order chi connectivity index (χ1) is 14.5. The van der Waals surface area contributed by atoms with Crippen molar-refractivity contribution in [1.82, 2.24) is 14.3 Å². The van der Waals surface area contributed by atoms with Gasteiger partial charge in [0.15, 0.2) is 0 Å². The number of carbonyl (C=O) groups is 1. The number of fused-ring (bicyclic) bond motifs is 1. The molecule has 1 aliphatic heterocycles. The van der Waals surface area contributed by atoms with E-state index in [0.717, 1.165) is 28.3 Å². The standard InChI is InChI=1S/C24H27N3O3/c1-17(2)23(28)25-14-13-21-22(16-25)26(15-18-7-5-4-6-8-18)27(24(21)29)19-9-11-20(30-3)12-10-19/h4-12,17H,13-16H2,1-3H3. The Labute approximate surface area is 176 Å². The van der Waals surface area contributed by atoms with E-state index >= 15 is 0 Å². The van der Waals surface area contributed by atoms with Crippen LogP contribution in [0.15, 0.2) is 59.4 Å². The summed E-state index contributed by atoms with van der Waals surface area (Å²) in [5.41, 5.74) is 3.59. The van der Waals surface area contributed by atoms with E-state index in [0.29, 0.717) is 26.1 Å². The molecule has 0 unspecified atom stereocenters. The maximum atomic E-state index is 13.4. The molecule has 0 spiro atoms. The van der Waals surface area contributed by atoms with Gasteiger partial charge in [-0.3, -0.25) is 14.3 Å². The number of nitrogens with zero attached hydrogens (tertiary/aromatic N) is 3. The highest BCUT2D eigenvalue weighted by Crippen LogP contribution is 2.23. The molecule has 0 saturated carbocycles. The molecule has 156 valence electrons. The van der Waals surface area contributed by atoms with Crippen LogP contribution in [-0.4, -0.2) is 33.8 Å². The number of ether oxygens (including phenoxy) is 1. The van der Waals surface area contributed by atoms with Crippen LogP contribution in [0.3, 0.4) is 0 Å². The molecule has 0 aliphatic carbocycles. The molecule has 0 radical (unpaired) electrons. The molecule has 4 rings (SSSR count). The molecular formula is C24H27N3O3. The van der Waals surface area contributed by atoms with E-state index < -0.39 is 0 Å². The predicted molar refractivity (Wildman–Crippen MR) is 116 cm³/mol. The Morgan fingerprint density at radius 2 is 1.77 bits per heavy atom. The zero-order chi connectivity index (χ0) is 21.3. The Balaban J connectivity index is 1.83. The van der Waals surface area contributed by atoms with Crippen LogP contribution in [-0.2, 0) is 24.3 Å². The average molecular weight is 405 g/mol. The highest BCUT2D eigenvalue weighted by molar-refractivity contribution is 5.78. The van der Waals surface area contributed by atoms with Crippen LogP contribution >= 0.6 is 0 Å². The normalized spacial score (nSPS) is 13.4. The number of amides is 1. The second kappa shape index (κ2) is 8.22. The zero-order valence-electron chi connectivity index (χ0n) is 17.7. The molecular weight excluding hydrogens is 378 g/mol. The SMILES string of the molecule is COc1ccc(-n2c(=O)c3c(n2Cc2ccccc2)CN(C(=O)C(C)C)CC3)cc1. The van der Waals surface area contributed by atoms with Crippen LogP contribution in [0.2, 0.25) is 0 Å². The number of methoxy groups -OCH3 is 1. The summed E-state index contributed by atoms with van der Waals surface area (Å²) in [5.74, 6) is 0.799. The molecule has 2 aromatic carbocycles. The van der Waals surface area contributed by atoms with E-state index in [1.54, 1.807) is 11.8 Å². The Hall–Kier alpha value is -3.28. The van der Waals surface area contributed by atoms with Gasteiger partial charge in [0, 0.05) is 18.0 Å². The van der Waals surface area contributed by atoms with Gasteiger partial charge in [0.2, 0.25) is 5.91 Å². The first kappa shape index (κ1) is 20.0. The molecule has 6 nitrogen and oxygen atoms in total. The van der Waals surface area contributed by atoms with E-state index in [4.69, 9.17) is 4.74 Å². The summed E-state index contributed by atoms with van der Waals surface area (Å²) in [6, 6.07) is 17.6. The predicted octanol–water partition coefficient (Wildman–Crippen LogP) is 3.24. The van der Waals surface area contributed by atoms with Crippen LogP contribution in [0, 0.1) is 5.92 Å². The Bertz CT molecular complexity index is 1100. The minimum absolute atomic E-state index is 0.0113. The Morgan fingerprint density at radius 3 is 2.40 bits per heavy atom. The molecule has 0 N–H and O–H groups in total. The van der Waals surface area contributed by atoms with Gasteiger partial charge >= 0.3 is 0 Å². The second-order valence-corrected chi connectivity index (χ2v) is 7.95. The van der Waals surface area contributed by atoms with Crippen molar-refractivity contribution in [3.8, 4) is 11.4 Å². The molecule has 0 bridgehead atoms. The van der Waals surface area contributed by atoms with Crippen molar-refractivity contribution in [3.63, 3.8) is 0 Å². The molecule has 0 fully saturated rings. The van der Waals surface area contributed by atoms with Gasteiger partial charge in [-0.15, -0.1) is 0 Å². The minimum atomic E-state index is -0.0653. The van der Waals surface area contributed by atoms with Crippen LogP contribution in [0.25, 0.3) is 5.69 Å². The molecule has 1 aromatic heterocycles. The highest BCUT2D eigenvalue weighted by atomic mass is 16.5. The minimum Gasteiger partial charge on any atom is -0.497 e. The summed E-state index contributed by atoms with van der Waals surface area (Å²) >= 11 is 0. The van der Waals surface area contributed by atoms with Crippen molar-refractivity contribution in [1.29, 1.82) is 0 Å². The fourth-order valence-corrected chi connectivity index (χ4v) is 4.03. The summed E-state index contributed by atoms with van der Waals surface area (Å²) in [6.07, 6.45) is 0.574. The van der Waals surface area contributed by atoms with Crippen molar-refractivity contribution >= 4 is 5.91 Å². The smallest absolute Gasteiger partial charge is 0.275 e. The van der Waals surface area contributed by atoms with E-state index in [1.807, 2.05) is 65.9 Å². The van der Waals surface area contributed by atoms with Gasteiger partial charge in [0.1, 0.15) is 5.75 Å². The topological polar surface area (TPSA) is 56.5 Å². The van der Waals surface area contributed by atoms with E-state index in [1.165, 1.54) is 0 Å². The summed E-state index contributed by atoms with van der Waals surface area (Å²) in [7, 11) is 1.62. The molecule has 1 amide bonds. The monoisotopic (exact) mass is 405 g/mol. The van der Waals surface area contributed by atoms with Crippen LogP contribution in [0.5, 0.6) is 5.75 Å². The number of hydrogen-bond donors (Lipinski definition) is 0. The van der Waals surface area contributed by atoms with Gasteiger partial charge in [-0.05, 0) is 36.2 Å². The van der Waals surface area contributed by atoms with Gasteiger partial charge in [0.25, 0.3) is 5.56 Å². The van der Waals surface area contributed by atoms with Gasteiger partial charge in [0.05, 0.1) is 31.6 Å². The zero-order valence-corrected chi connectivity index (χ0v) is 17.7. The van der Waals surface area contributed by atoms with Crippen molar-refractivity contribution in [2.75, 3.05) is 13.7 Å². The van der Waals surface area contributed by atoms with E-state index in [-0.39, 0.29) is 17.4 Å². The quantitative estimate of drug-likeness (QED) is 0.655. The third kappa shape index (κ3) is 3.65. The lowest BCUT2D eigenvalue weighted by Crippen LogP contribution is -2.39. The molecule has 2 heterocycles. The van der Waals surface area contributed by atoms with E-state index in [9.17, 15) is 9.59 Å². The third-order valence-electron chi connectivity index (χ3n) is 5.62. The summed E-state index contributed by atoms with van der Waals surface area (Å²) in [5, 5.41) is 0. The number of carbonyl (C=O) groups excluding carboxylic acids is 1. The van der Waals surface area contributed by atoms with Gasteiger partial charge in [-0.2, -0.15) is 0 Å². The largest absolute Gasteiger partial charge is 0.497 e. The van der Waals surface area contributed by atoms with Gasteiger partial charge in [-0.1, -0.05) is 44.2 Å². The van der Waals surface area contributed by atoms with Crippen molar-refractivity contribution in [2.24, 2.45) is 5.92 Å². The first-order valence-electron chi connectivity index (χ1n) is 10.3. The number of aromatic nitrogens is 2. The van der Waals surface area contributed by atoms with Gasteiger partial charge in [-0.25, -0.2) is 4.68 Å². The van der Waals surface area contributed by atoms with Crippen LogP contribution in [0.1, 0.15) is 30.7 Å². The molecule has 0 saturated heterocycles. The number of rotatable bonds is 5. The van der Waals surface area contributed by atoms with Crippen LogP contribution < -0.4 is 10.3 Å².